The Morgan fingerprint density at radius 3 is 2.30 bits per heavy atom. The van der Waals surface area contributed by atoms with Gasteiger partial charge in [0, 0.05) is 23.5 Å². The zero-order valence-corrected chi connectivity index (χ0v) is 27.3. The third kappa shape index (κ3) is 5.29. The minimum absolute atomic E-state index is 0.141. The van der Waals surface area contributed by atoms with E-state index in [1.165, 1.54) is 0 Å². The molecule has 0 radical (unpaired) electrons. The van der Waals surface area contributed by atoms with E-state index in [9.17, 15) is 19.5 Å². The monoisotopic (exact) mass is 635 g/mol. The summed E-state index contributed by atoms with van der Waals surface area (Å²) in [5.74, 6) is -1.85. The van der Waals surface area contributed by atoms with Crippen LogP contribution in [0.1, 0.15) is 40.0 Å². The number of aliphatic hydroxyl groups is 1. The van der Waals surface area contributed by atoms with Crippen molar-refractivity contribution < 1.29 is 19.5 Å². The predicted octanol–water partition coefficient (Wildman–Crippen LogP) is 5.97. The Kier molecular flexibility index (Phi) is 9.36. The van der Waals surface area contributed by atoms with Crippen LogP contribution in [-0.4, -0.2) is 69.0 Å². The maximum absolute atomic E-state index is 14.9. The van der Waals surface area contributed by atoms with Gasteiger partial charge < -0.3 is 19.8 Å². The minimum Gasteiger partial charge on any atom is -0.394 e. The number of fused-ring (bicyclic) bond motifs is 1. The van der Waals surface area contributed by atoms with Gasteiger partial charge >= 0.3 is 0 Å². The molecule has 9 heteroatoms. The molecule has 2 aromatic rings. The van der Waals surface area contributed by atoms with Gasteiger partial charge in [-0.2, -0.15) is 0 Å². The van der Waals surface area contributed by atoms with Gasteiger partial charge in [0.2, 0.25) is 11.8 Å². The molecule has 5 rings (SSSR count). The highest BCUT2D eigenvalue weighted by atomic mass is 35.5. The highest BCUT2D eigenvalue weighted by Crippen LogP contribution is 2.72. The van der Waals surface area contributed by atoms with Crippen LogP contribution in [0.15, 0.2) is 79.9 Å². The Hall–Kier alpha value is -3.07. The molecule has 3 amide bonds. The zero-order valence-electron chi connectivity index (χ0n) is 25.7. The SMILES string of the molecule is C=CCN(C(=O)[C@@H]1[C@H]2C(=O)N([C@@H](CO)CC(C)C)C(C(=O)N(CC=C)c3ccccc3Cl)C23CC[C@@]1(C)S3)c1ccccc1. The summed E-state index contributed by atoms with van der Waals surface area (Å²) in [6, 6.07) is 15.1. The van der Waals surface area contributed by atoms with Crippen molar-refractivity contribution in [3.8, 4) is 0 Å². The van der Waals surface area contributed by atoms with E-state index in [0.717, 1.165) is 5.69 Å². The van der Waals surface area contributed by atoms with E-state index in [1.54, 1.807) is 56.8 Å². The van der Waals surface area contributed by atoms with Crippen molar-refractivity contribution in [3.63, 3.8) is 0 Å². The molecule has 0 aromatic heterocycles. The van der Waals surface area contributed by atoms with Crippen molar-refractivity contribution in [1.82, 2.24) is 4.90 Å². The van der Waals surface area contributed by atoms with E-state index in [-0.39, 0.29) is 36.8 Å². The molecule has 6 atom stereocenters. The Morgan fingerprint density at radius 1 is 1.05 bits per heavy atom. The quantitative estimate of drug-likeness (QED) is 0.291. The van der Waals surface area contributed by atoms with Crippen molar-refractivity contribution in [2.75, 3.05) is 29.5 Å². The third-order valence-corrected chi connectivity index (χ3v) is 11.7. The van der Waals surface area contributed by atoms with Crippen molar-refractivity contribution in [3.05, 3.63) is 84.9 Å². The van der Waals surface area contributed by atoms with Crippen LogP contribution >= 0.6 is 23.4 Å². The maximum Gasteiger partial charge on any atom is 0.251 e. The summed E-state index contributed by atoms with van der Waals surface area (Å²) in [4.78, 5) is 49.3. The Morgan fingerprint density at radius 2 is 1.68 bits per heavy atom. The van der Waals surface area contributed by atoms with Crippen LogP contribution in [0.5, 0.6) is 0 Å². The first-order chi connectivity index (χ1) is 21.0. The van der Waals surface area contributed by atoms with Crippen LogP contribution in [0.4, 0.5) is 11.4 Å². The number of amides is 3. The van der Waals surface area contributed by atoms with Gasteiger partial charge in [-0.25, -0.2) is 0 Å². The molecule has 3 aliphatic heterocycles. The summed E-state index contributed by atoms with van der Waals surface area (Å²) in [5.41, 5.74) is 1.27. The Balaban J connectivity index is 1.65. The van der Waals surface area contributed by atoms with Crippen LogP contribution in [0.3, 0.4) is 0 Å². The average molecular weight is 636 g/mol. The molecule has 3 saturated heterocycles. The second kappa shape index (κ2) is 12.7. The fourth-order valence-electron chi connectivity index (χ4n) is 7.71. The smallest absolute Gasteiger partial charge is 0.251 e. The summed E-state index contributed by atoms with van der Waals surface area (Å²) in [6.07, 6.45) is 5.16. The summed E-state index contributed by atoms with van der Waals surface area (Å²) in [7, 11) is 0. The lowest BCUT2D eigenvalue weighted by atomic mass is 9.66. The first kappa shape index (κ1) is 32.3. The lowest BCUT2D eigenvalue weighted by Gasteiger charge is -2.40. The largest absolute Gasteiger partial charge is 0.394 e. The second-order valence-corrected chi connectivity index (χ2v) is 15.0. The fourth-order valence-corrected chi connectivity index (χ4v) is 10.3. The maximum atomic E-state index is 14.9. The number of aliphatic hydroxyl groups excluding tert-OH is 1. The number of hydrogen-bond donors (Lipinski definition) is 1. The topological polar surface area (TPSA) is 81.2 Å². The number of nitrogens with zero attached hydrogens (tertiary/aromatic N) is 3. The molecule has 3 fully saturated rings. The van der Waals surface area contributed by atoms with Crippen LogP contribution in [0.25, 0.3) is 0 Å². The molecule has 1 N–H and O–H groups in total. The van der Waals surface area contributed by atoms with E-state index in [4.69, 9.17) is 11.6 Å². The number of rotatable bonds is 12. The molecule has 1 spiro atoms. The van der Waals surface area contributed by atoms with Crippen molar-refractivity contribution in [1.29, 1.82) is 0 Å². The fraction of sp³-hybridized carbons (Fsp3) is 0.457. The van der Waals surface area contributed by atoms with Crippen LogP contribution in [-0.2, 0) is 14.4 Å². The summed E-state index contributed by atoms with van der Waals surface area (Å²) in [6.45, 7) is 14.1. The first-order valence-electron chi connectivity index (χ1n) is 15.3. The van der Waals surface area contributed by atoms with Gasteiger partial charge in [0.1, 0.15) is 6.04 Å². The Bertz CT molecular complexity index is 1440. The minimum atomic E-state index is -0.888. The lowest BCUT2D eigenvalue weighted by molar-refractivity contribution is -0.142. The van der Waals surface area contributed by atoms with Crippen molar-refractivity contribution >= 4 is 52.5 Å². The van der Waals surface area contributed by atoms with E-state index in [0.29, 0.717) is 36.5 Å². The molecule has 2 aromatic carbocycles. The molecule has 234 valence electrons. The highest BCUT2D eigenvalue weighted by molar-refractivity contribution is 8.02. The number of likely N-dealkylation sites (tertiary alicyclic amines) is 1. The van der Waals surface area contributed by atoms with E-state index in [1.807, 2.05) is 50.2 Å². The number of hydrogen-bond acceptors (Lipinski definition) is 5. The molecular formula is C35H42ClN3O4S. The third-order valence-electron chi connectivity index (χ3n) is 9.43. The first-order valence-corrected chi connectivity index (χ1v) is 16.5. The molecule has 2 bridgehead atoms. The van der Waals surface area contributed by atoms with Gasteiger partial charge in [0.15, 0.2) is 0 Å². The van der Waals surface area contributed by atoms with Gasteiger partial charge in [0.05, 0.1) is 39.9 Å². The predicted molar refractivity (Wildman–Crippen MR) is 179 cm³/mol. The number of benzene rings is 2. The number of para-hydroxylation sites is 2. The van der Waals surface area contributed by atoms with Crippen molar-refractivity contribution in [2.45, 2.75) is 61.6 Å². The highest BCUT2D eigenvalue weighted by Gasteiger charge is 2.78. The molecule has 0 aliphatic carbocycles. The van der Waals surface area contributed by atoms with Crippen LogP contribution in [0, 0.1) is 17.8 Å². The molecule has 3 heterocycles. The Labute approximate surface area is 269 Å². The summed E-state index contributed by atoms with van der Waals surface area (Å²) in [5, 5.41) is 11.1. The van der Waals surface area contributed by atoms with E-state index in [2.05, 4.69) is 20.1 Å². The van der Waals surface area contributed by atoms with Crippen LogP contribution in [0.2, 0.25) is 5.02 Å². The molecule has 3 aliphatic rings. The van der Waals surface area contributed by atoms with Gasteiger partial charge in [-0.15, -0.1) is 24.9 Å². The standard InChI is InChI=1S/C35H42ClN3O4S/c1-6-19-37(24-13-9-8-10-14-24)31(41)28-29-32(42)39(25(22-40)21-23(3)4)30(35(29)18-17-34(28,5)44-35)33(43)38(20-7-2)27-16-12-11-15-26(27)36/h6-16,23,25,28-30,40H,1-2,17-22H2,3-5H3/t25-,28+,29+,30?,34-,35?/m1/s1. The molecule has 2 unspecified atom stereocenters. The zero-order chi connectivity index (χ0) is 31.8. The average Bonchev–Trinajstić information content (AvgIpc) is 3.58. The molecule has 44 heavy (non-hydrogen) atoms. The lowest BCUT2D eigenvalue weighted by Crippen LogP contribution is -2.58. The normalized spacial score (nSPS) is 27.7. The molecule has 7 nitrogen and oxygen atoms in total. The van der Waals surface area contributed by atoms with Gasteiger partial charge in [-0.3, -0.25) is 14.4 Å². The molecule has 0 saturated carbocycles. The van der Waals surface area contributed by atoms with Gasteiger partial charge in [0.25, 0.3) is 5.91 Å². The number of thioether (sulfide) groups is 1. The van der Waals surface area contributed by atoms with E-state index < -0.39 is 33.4 Å². The number of anilines is 2. The molecular weight excluding hydrogens is 594 g/mol. The van der Waals surface area contributed by atoms with Crippen molar-refractivity contribution in [2.24, 2.45) is 17.8 Å². The number of carbonyl (C=O) groups is 3. The summed E-state index contributed by atoms with van der Waals surface area (Å²) >= 11 is 8.24. The van der Waals surface area contributed by atoms with Gasteiger partial charge in [-0.05, 0) is 56.4 Å². The van der Waals surface area contributed by atoms with E-state index >= 15 is 0 Å². The summed E-state index contributed by atoms with van der Waals surface area (Å²) < 4.78 is -1.39. The van der Waals surface area contributed by atoms with Gasteiger partial charge in [-0.1, -0.05) is 67.9 Å². The number of carbonyl (C=O) groups excluding carboxylic acids is 3. The number of halogens is 1. The second-order valence-electron chi connectivity index (χ2n) is 12.7. The van der Waals surface area contributed by atoms with Crippen LogP contribution < -0.4 is 9.80 Å².